The highest BCUT2D eigenvalue weighted by Crippen LogP contribution is 2.14. The summed E-state index contributed by atoms with van der Waals surface area (Å²) in [4.78, 5) is 16.7. The van der Waals surface area contributed by atoms with Crippen LogP contribution in [0.2, 0.25) is 0 Å². The fourth-order valence-electron chi connectivity index (χ4n) is 4.21. The van der Waals surface area contributed by atoms with Crippen LogP contribution in [-0.4, -0.2) is 78.6 Å². The molecule has 2 aromatic rings. The summed E-state index contributed by atoms with van der Waals surface area (Å²) in [5.74, 6) is 1.98. The average molecular weight is 439 g/mol. The van der Waals surface area contributed by atoms with E-state index >= 15 is 0 Å². The molecule has 1 aromatic heterocycles. The van der Waals surface area contributed by atoms with E-state index in [4.69, 9.17) is 4.74 Å². The van der Waals surface area contributed by atoms with E-state index in [1.807, 2.05) is 0 Å². The van der Waals surface area contributed by atoms with E-state index in [1.165, 1.54) is 11.3 Å². The van der Waals surface area contributed by atoms with Crippen LogP contribution < -0.4 is 10.2 Å². The zero-order valence-corrected chi connectivity index (χ0v) is 19.2. The van der Waals surface area contributed by atoms with Gasteiger partial charge >= 0.3 is 0 Å². The van der Waals surface area contributed by atoms with Gasteiger partial charge in [0.25, 0.3) is 0 Å². The van der Waals surface area contributed by atoms with E-state index < -0.39 is 0 Å². The maximum atomic E-state index is 12.1. The number of rotatable bonds is 8. The second kappa shape index (κ2) is 10.7. The predicted molar refractivity (Wildman–Crippen MR) is 126 cm³/mol. The summed E-state index contributed by atoms with van der Waals surface area (Å²) in [7, 11) is 4.11. The number of anilines is 1. The first-order valence-corrected chi connectivity index (χ1v) is 11.6. The first-order valence-electron chi connectivity index (χ1n) is 11.6. The molecule has 1 atom stereocenters. The Kier molecular flexibility index (Phi) is 7.55. The molecule has 0 spiro atoms. The second-order valence-corrected chi connectivity index (χ2v) is 8.67. The number of hydrogen-bond acceptors (Lipinski definition) is 6. The standard InChI is InChI=1S/C24H34N6O2/c1-28(2)20-9-7-19(8-10-20)5-3-14-29-15-12-23-27-26-22(30(23)17-16-29)11-13-25-24(31)21-6-4-18-32-21/h3,5,7-10,21H,4,6,11-18H2,1-2H3,(H,25,31). The van der Waals surface area contributed by atoms with Gasteiger partial charge in [-0.1, -0.05) is 24.3 Å². The largest absolute Gasteiger partial charge is 0.378 e. The molecule has 4 rings (SSSR count). The van der Waals surface area contributed by atoms with Crippen molar-refractivity contribution in [1.82, 2.24) is 25.0 Å². The number of ether oxygens (including phenoxy) is 1. The van der Waals surface area contributed by atoms with Crippen LogP contribution in [0.3, 0.4) is 0 Å². The van der Waals surface area contributed by atoms with Crippen molar-refractivity contribution < 1.29 is 9.53 Å². The fourth-order valence-corrected chi connectivity index (χ4v) is 4.21. The normalized spacial score (nSPS) is 19.1. The Morgan fingerprint density at radius 1 is 1.22 bits per heavy atom. The van der Waals surface area contributed by atoms with Crippen LogP contribution >= 0.6 is 0 Å². The van der Waals surface area contributed by atoms with Crippen LogP contribution in [0.25, 0.3) is 6.08 Å². The highest BCUT2D eigenvalue weighted by Gasteiger charge is 2.23. The molecule has 1 aromatic carbocycles. The van der Waals surface area contributed by atoms with E-state index in [9.17, 15) is 4.79 Å². The number of amides is 1. The number of carbonyl (C=O) groups is 1. The number of hydrogen-bond donors (Lipinski definition) is 1. The Morgan fingerprint density at radius 2 is 2.06 bits per heavy atom. The van der Waals surface area contributed by atoms with Crippen molar-refractivity contribution in [2.24, 2.45) is 0 Å². The zero-order valence-electron chi connectivity index (χ0n) is 19.2. The third kappa shape index (κ3) is 5.75. The molecule has 0 radical (unpaired) electrons. The van der Waals surface area contributed by atoms with Gasteiger partial charge in [0.1, 0.15) is 17.8 Å². The Morgan fingerprint density at radius 3 is 2.81 bits per heavy atom. The van der Waals surface area contributed by atoms with Gasteiger partial charge in [-0.3, -0.25) is 9.69 Å². The van der Waals surface area contributed by atoms with Crippen molar-refractivity contribution >= 4 is 17.7 Å². The molecule has 1 amide bonds. The minimum atomic E-state index is -0.280. The van der Waals surface area contributed by atoms with E-state index in [0.29, 0.717) is 19.6 Å². The van der Waals surface area contributed by atoms with Gasteiger partial charge in [-0.05, 0) is 30.5 Å². The molecule has 1 N–H and O–H groups in total. The molecule has 8 nitrogen and oxygen atoms in total. The number of aromatic nitrogens is 3. The topological polar surface area (TPSA) is 75.5 Å². The monoisotopic (exact) mass is 438 g/mol. The van der Waals surface area contributed by atoms with E-state index in [2.05, 4.69) is 80.4 Å². The highest BCUT2D eigenvalue weighted by atomic mass is 16.5. The van der Waals surface area contributed by atoms with Gasteiger partial charge < -0.3 is 19.5 Å². The molecular formula is C24H34N6O2. The van der Waals surface area contributed by atoms with Crippen molar-refractivity contribution in [3.63, 3.8) is 0 Å². The third-order valence-electron chi connectivity index (χ3n) is 6.15. The first kappa shape index (κ1) is 22.5. The molecular weight excluding hydrogens is 404 g/mol. The maximum Gasteiger partial charge on any atom is 0.249 e. The van der Waals surface area contributed by atoms with E-state index in [1.54, 1.807) is 0 Å². The number of nitrogens with zero attached hydrogens (tertiary/aromatic N) is 5. The third-order valence-corrected chi connectivity index (χ3v) is 6.15. The Hall–Kier alpha value is -2.71. The number of benzene rings is 1. The van der Waals surface area contributed by atoms with Crippen molar-refractivity contribution in [2.75, 3.05) is 51.8 Å². The summed E-state index contributed by atoms with van der Waals surface area (Å²) in [6, 6.07) is 8.59. The van der Waals surface area contributed by atoms with Gasteiger partial charge in [-0.25, -0.2) is 0 Å². The van der Waals surface area contributed by atoms with Crippen LogP contribution in [0.5, 0.6) is 0 Å². The summed E-state index contributed by atoms with van der Waals surface area (Å²) < 4.78 is 7.66. The smallest absolute Gasteiger partial charge is 0.249 e. The SMILES string of the molecule is CN(C)c1ccc(C=CCN2CCc3nnc(CCNC(=O)C4CCCO4)n3CC2)cc1. The summed E-state index contributed by atoms with van der Waals surface area (Å²) in [5, 5.41) is 11.8. The second-order valence-electron chi connectivity index (χ2n) is 8.67. The molecule has 172 valence electrons. The molecule has 8 heteroatoms. The zero-order chi connectivity index (χ0) is 22.3. The molecule has 0 bridgehead atoms. The Labute approximate surface area is 190 Å². The van der Waals surface area contributed by atoms with E-state index in [0.717, 1.165) is 57.1 Å². The lowest BCUT2D eigenvalue weighted by atomic mass is 10.2. The molecule has 2 aliphatic rings. The molecule has 2 aliphatic heterocycles. The first-order chi connectivity index (χ1) is 15.6. The minimum Gasteiger partial charge on any atom is -0.378 e. The van der Waals surface area contributed by atoms with Gasteiger partial charge in [0.15, 0.2) is 0 Å². The van der Waals surface area contributed by atoms with Crippen molar-refractivity contribution in [2.45, 2.75) is 38.3 Å². The summed E-state index contributed by atoms with van der Waals surface area (Å²) >= 11 is 0. The molecule has 1 unspecified atom stereocenters. The van der Waals surface area contributed by atoms with Gasteiger partial charge in [0, 0.05) is 72.0 Å². The highest BCUT2D eigenvalue weighted by molar-refractivity contribution is 5.80. The lowest BCUT2D eigenvalue weighted by Crippen LogP contribution is -2.35. The Bertz CT molecular complexity index is 915. The quantitative estimate of drug-likeness (QED) is 0.677. The summed E-state index contributed by atoms with van der Waals surface area (Å²) in [6.45, 7) is 4.98. The molecule has 1 saturated heterocycles. The number of carbonyl (C=O) groups excluding carboxylic acids is 1. The molecule has 0 aliphatic carbocycles. The van der Waals surface area contributed by atoms with Crippen LogP contribution in [0.15, 0.2) is 30.3 Å². The minimum absolute atomic E-state index is 0.00702. The van der Waals surface area contributed by atoms with Crippen LogP contribution in [0.1, 0.15) is 30.1 Å². The average Bonchev–Trinajstić information content (AvgIpc) is 3.42. The lowest BCUT2D eigenvalue weighted by molar-refractivity contribution is -0.130. The summed E-state index contributed by atoms with van der Waals surface area (Å²) in [6.07, 6.45) is 7.50. The maximum absolute atomic E-state index is 12.1. The van der Waals surface area contributed by atoms with Gasteiger partial charge in [0.2, 0.25) is 5.91 Å². The molecule has 0 saturated carbocycles. The van der Waals surface area contributed by atoms with Gasteiger partial charge in [-0.2, -0.15) is 0 Å². The summed E-state index contributed by atoms with van der Waals surface area (Å²) in [5.41, 5.74) is 2.43. The molecule has 32 heavy (non-hydrogen) atoms. The number of nitrogens with one attached hydrogen (secondary N) is 1. The van der Waals surface area contributed by atoms with Crippen LogP contribution in [-0.2, 0) is 28.9 Å². The molecule has 1 fully saturated rings. The molecule has 3 heterocycles. The van der Waals surface area contributed by atoms with Gasteiger partial charge in [-0.15, -0.1) is 10.2 Å². The van der Waals surface area contributed by atoms with Gasteiger partial charge in [0.05, 0.1) is 0 Å². The lowest BCUT2D eigenvalue weighted by Gasteiger charge is -2.17. The van der Waals surface area contributed by atoms with Crippen LogP contribution in [0.4, 0.5) is 5.69 Å². The Balaban J connectivity index is 1.24. The predicted octanol–water partition coefficient (Wildman–Crippen LogP) is 1.75. The van der Waals surface area contributed by atoms with Crippen molar-refractivity contribution in [1.29, 1.82) is 0 Å². The fraction of sp³-hybridized carbons (Fsp3) is 0.542. The number of fused-ring (bicyclic) bond motifs is 1. The van der Waals surface area contributed by atoms with Crippen LogP contribution in [0, 0.1) is 0 Å². The van der Waals surface area contributed by atoms with Crippen molar-refractivity contribution in [3.8, 4) is 0 Å². The van der Waals surface area contributed by atoms with Crippen molar-refractivity contribution in [3.05, 3.63) is 47.6 Å². The van der Waals surface area contributed by atoms with E-state index in [-0.39, 0.29) is 12.0 Å².